The molecule has 1 N–H and O–H groups in total. The van der Waals surface area contributed by atoms with Crippen LogP contribution in [-0.4, -0.2) is 16.3 Å². The molecule has 0 aliphatic rings. The minimum Gasteiger partial charge on any atom is -0.310 e. The molecular formula is C16H22ClN3. The highest BCUT2D eigenvalue weighted by molar-refractivity contribution is 6.30. The van der Waals surface area contributed by atoms with Gasteiger partial charge in [0.05, 0.1) is 6.20 Å². The molecule has 0 spiro atoms. The Hall–Kier alpha value is -1.32. The maximum atomic E-state index is 6.04. The van der Waals surface area contributed by atoms with Crippen molar-refractivity contribution in [1.82, 2.24) is 15.1 Å². The molecule has 1 aromatic carbocycles. The number of rotatable bonds is 6. The monoisotopic (exact) mass is 291 g/mol. The molecule has 0 radical (unpaired) electrons. The van der Waals surface area contributed by atoms with Gasteiger partial charge in [-0.05, 0) is 55.1 Å². The van der Waals surface area contributed by atoms with Crippen molar-refractivity contribution in [2.45, 2.75) is 32.7 Å². The molecule has 108 valence electrons. The third kappa shape index (κ3) is 3.84. The Morgan fingerprint density at radius 3 is 2.80 bits per heavy atom. The zero-order valence-corrected chi connectivity index (χ0v) is 13.1. The second kappa shape index (κ2) is 6.91. The molecule has 1 atom stereocenters. The topological polar surface area (TPSA) is 29.9 Å². The van der Waals surface area contributed by atoms with Gasteiger partial charge in [-0.15, -0.1) is 0 Å². The van der Waals surface area contributed by atoms with E-state index in [4.69, 9.17) is 11.6 Å². The quantitative estimate of drug-likeness (QED) is 0.880. The highest BCUT2D eigenvalue weighted by Gasteiger charge is 2.13. The number of nitrogens with one attached hydrogen (secondary N) is 1. The van der Waals surface area contributed by atoms with Crippen LogP contribution >= 0.6 is 11.6 Å². The third-order valence-corrected chi connectivity index (χ3v) is 3.77. The van der Waals surface area contributed by atoms with Crippen molar-refractivity contribution in [3.05, 3.63) is 52.3 Å². The summed E-state index contributed by atoms with van der Waals surface area (Å²) in [5.74, 6) is 0. The van der Waals surface area contributed by atoms with Crippen molar-refractivity contribution in [2.24, 2.45) is 7.05 Å². The lowest BCUT2D eigenvalue weighted by molar-refractivity contribution is 0.513. The maximum absolute atomic E-state index is 6.04. The second-order valence-electron chi connectivity index (χ2n) is 5.17. The van der Waals surface area contributed by atoms with Crippen LogP contribution in [0.5, 0.6) is 0 Å². The molecule has 4 heteroatoms. The molecule has 0 bridgehead atoms. The molecule has 2 rings (SSSR count). The minimum absolute atomic E-state index is 0.359. The van der Waals surface area contributed by atoms with Gasteiger partial charge in [0.2, 0.25) is 0 Å². The Kier molecular flexibility index (Phi) is 5.21. The van der Waals surface area contributed by atoms with Crippen LogP contribution in [-0.2, 0) is 13.5 Å². The first-order chi connectivity index (χ1) is 9.60. The number of hydrogen-bond donors (Lipinski definition) is 1. The number of nitrogens with zero attached hydrogens (tertiary/aromatic N) is 2. The zero-order chi connectivity index (χ0) is 14.5. The molecule has 20 heavy (non-hydrogen) atoms. The molecule has 2 aromatic rings. The molecular weight excluding hydrogens is 270 g/mol. The molecule has 1 heterocycles. The average molecular weight is 292 g/mol. The predicted molar refractivity (Wildman–Crippen MR) is 84.1 cm³/mol. The fourth-order valence-corrected chi connectivity index (χ4v) is 2.78. The van der Waals surface area contributed by atoms with E-state index in [0.29, 0.717) is 6.04 Å². The van der Waals surface area contributed by atoms with Crippen LogP contribution in [0.15, 0.2) is 30.6 Å². The zero-order valence-electron chi connectivity index (χ0n) is 12.4. The predicted octanol–water partition coefficient (Wildman–Crippen LogP) is 3.67. The van der Waals surface area contributed by atoms with Gasteiger partial charge in [-0.3, -0.25) is 4.68 Å². The Morgan fingerprint density at radius 2 is 2.20 bits per heavy atom. The van der Waals surface area contributed by atoms with E-state index in [1.165, 1.54) is 16.7 Å². The van der Waals surface area contributed by atoms with E-state index in [0.717, 1.165) is 24.4 Å². The van der Waals surface area contributed by atoms with Gasteiger partial charge >= 0.3 is 0 Å². The summed E-state index contributed by atoms with van der Waals surface area (Å²) in [4.78, 5) is 0. The summed E-state index contributed by atoms with van der Waals surface area (Å²) in [6.45, 7) is 5.22. The van der Waals surface area contributed by atoms with Gasteiger partial charge in [0.1, 0.15) is 0 Å². The average Bonchev–Trinajstić information content (AvgIpc) is 2.81. The van der Waals surface area contributed by atoms with Crippen molar-refractivity contribution in [3.8, 4) is 0 Å². The Balaban J connectivity index is 2.09. The molecule has 0 saturated heterocycles. The molecule has 1 aromatic heterocycles. The van der Waals surface area contributed by atoms with Crippen molar-refractivity contribution >= 4 is 11.6 Å². The smallest absolute Gasteiger partial charge is 0.0521 e. The van der Waals surface area contributed by atoms with Crippen molar-refractivity contribution < 1.29 is 0 Å². The van der Waals surface area contributed by atoms with E-state index in [1.807, 2.05) is 30.1 Å². The summed E-state index contributed by atoms with van der Waals surface area (Å²) in [7, 11) is 1.95. The number of hydrogen-bond acceptors (Lipinski definition) is 2. The maximum Gasteiger partial charge on any atom is 0.0521 e. The lowest BCUT2D eigenvalue weighted by atomic mass is 9.96. The summed E-state index contributed by atoms with van der Waals surface area (Å²) in [5.41, 5.74) is 3.86. The Labute approximate surface area is 126 Å². The van der Waals surface area contributed by atoms with Gasteiger partial charge in [0, 0.05) is 24.3 Å². The number of halogens is 1. The fraction of sp³-hybridized carbons (Fsp3) is 0.438. The van der Waals surface area contributed by atoms with Crippen LogP contribution in [0.1, 0.15) is 36.1 Å². The van der Waals surface area contributed by atoms with Gasteiger partial charge in [-0.2, -0.15) is 5.10 Å². The van der Waals surface area contributed by atoms with Crippen LogP contribution < -0.4 is 5.32 Å². The van der Waals surface area contributed by atoms with Crippen LogP contribution in [0.3, 0.4) is 0 Å². The highest BCUT2D eigenvalue weighted by atomic mass is 35.5. The molecule has 0 saturated carbocycles. The molecule has 3 nitrogen and oxygen atoms in total. The first-order valence-electron chi connectivity index (χ1n) is 7.07. The van der Waals surface area contributed by atoms with Gasteiger partial charge < -0.3 is 5.32 Å². The first-order valence-corrected chi connectivity index (χ1v) is 7.45. The lowest BCUT2D eigenvalue weighted by Crippen LogP contribution is -2.22. The molecule has 1 unspecified atom stereocenters. The van der Waals surface area contributed by atoms with Gasteiger partial charge in [-0.1, -0.05) is 24.6 Å². The van der Waals surface area contributed by atoms with Crippen LogP contribution in [0.2, 0.25) is 5.02 Å². The largest absolute Gasteiger partial charge is 0.310 e. The molecule has 0 amide bonds. The van der Waals surface area contributed by atoms with Gasteiger partial charge in [0.15, 0.2) is 0 Å². The van der Waals surface area contributed by atoms with E-state index >= 15 is 0 Å². The van der Waals surface area contributed by atoms with Crippen molar-refractivity contribution in [2.75, 3.05) is 6.54 Å². The molecule has 0 fully saturated rings. The van der Waals surface area contributed by atoms with Crippen LogP contribution in [0.4, 0.5) is 0 Å². The highest BCUT2D eigenvalue weighted by Crippen LogP contribution is 2.25. The van der Waals surface area contributed by atoms with Crippen molar-refractivity contribution in [3.63, 3.8) is 0 Å². The van der Waals surface area contributed by atoms with E-state index in [2.05, 4.69) is 36.5 Å². The van der Waals surface area contributed by atoms with E-state index in [9.17, 15) is 0 Å². The summed E-state index contributed by atoms with van der Waals surface area (Å²) >= 11 is 6.04. The summed E-state index contributed by atoms with van der Waals surface area (Å²) in [6, 6.07) is 6.50. The van der Waals surface area contributed by atoms with Gasteiger partial charge in [-0.25, -0.2) is 0 Å². The molecule has 0 aliphatic heterocycles. The number of aromatic nitrogens is 2. The first kappa shape index (κ1) is 15.1. The van der Waals surface area contributed by atoms with Crippen LogP contribution in [0, 0.1) is 6.92 Å². The van der Waals surface area contributed by atoms with E-state index in [-0.39, 0.29) is 0 Å². The van der Waals surface area contributed by atoms with Gasteiger partial charge in [0.25, 0.3) is 0 Å². The minimum atomic E-state index is 0.359. The Morgan fingerprint density at radius 1 is 1.40 bits per heavy atom. The summed E-state index contributed by atoms with van der Waals surface area (Å²) in [5, 5.41) is 8.59. The second-order valence-corrected chi connectivity index (χ2v) is 5.61. The van der Waals surface area contributed by atoms with E-state index < -0.39 is 0 Å². The number of benzene rings is 1. The molecule has 0 aliphatic carbocycles. The lowest BCUT2D eigenvalue weighted by Gasteiger charge is -2.20. The van der Waals surface area contributed by atoms with Crippen molar-refractivity contribution in [1.29, 1.82) is 0 Å². The van der Waals surface area contributed by atoms with Crippen LogP contribution in [0.25, 0.3) is 0 Å². The normalized spacial score (nSPS) is 12.6. The van der Waals surface area contributed by atoms with E-state index in [1.54, 1.807) is 0 Å². The standard InChI is InChI=1S/C16H22ClN3/c1-4-18-16(8-5-13-10-19-20(3)11-13)15-7-6-14(17)9-12(15)2/h6-7,9-11,16,18H,4-5,8H2,1-3H3. The summed E-state index contributed by atoms with van der Waals surface area (Å²) in [6.07, 6.45) is 6.10. The Bertz CT molecular complexity index is 563. The third-order valence-electron chi connectivity index (χ3n) is 3.54. The summed E-state index contributed by atoms with van der Waals surface area (Å²) < 4.78 is 1.85. The number of aryl methyl sites for hydroxylation is 3. The fourth-order valence-electron chi connectivity index (χ4n) is 2.56. The SMILES string of the molecule is CCNC(CCc1cnn(C)c1)c1ccc(Cl)cc1C.